The summed E-state index contributed by atoms with van der Waals surface area (Å²) in [7, 11) is 2.13. The Morgan fingerprint density at radius 3 is 2.59 bits per heavy atom. The van der Waals surface area contributed by atoms with E-state index >= 15 is 0 Å². The van der Waals surface area contributed by atoms with Crippen molar-refractivity contribution < 1.29 is 0 Å². The number of benzene rings is 1. The number of aromatic nitrogens is 2. The normalized spacial score (nSPS) is 11.0. The summed E-state index contributed by atoms with van der Waals surface area (Å²) in [5.41, 5.74) is 4.89. The number of rotatable bonds is 5. The first kappa shape index (κ1) is 14.9. The number of aryl methyl sites for hydroxylation is 1. The molecular formula is C18H19N3S. The van der Waals surface area contributed by atoms with Crippen molar-refractivity contribution in [2.45, 2.75) is 20.0 Å². The Bertz CT molecular complexity index is 737. The Hall–Kier alpha value is -2.04. The fraction of sp³-hybridized carbons (Fsp3) is 0.222. The Labute approximate surface area is 135 Å². The first-order valence-electron chi connectivity index (χ1n) is 7.29. The molecule has 0 saturated heterocycles. The third kappa shape index (κ3) is 3.78. The summed E-state index contributed by atoms with van der Waals surface area (Å²) in [5, 5.41) is 3.27. The second-order valence-electron chi connectivity index (χ2n) is 5.47. The molecule has 3 rings (SSSR count). The lowest BCUT2D eigenvalue weighted by molar-refractivity contribution is 0.315. The molecule has 0 fully saturated rings. The van der Waals surface area contributed by atoms with Crippen LogP contribution in [0.25, 0.3) is 11.1 Å². The minimum Gasteiger partial charge on any atom is -0.296 e. The zero-order valence-electron chi connectivity index (χ0n) is 12.9. The van der Waals surface area contributed by atoms with E-state index in [0.29, 0.717) is 0 Å². The van der Waals surface area contributed by atoms with E-state index in [1.165, 1.54) is 16.7 Å². The predicted molar refractivity (Wildman–Crippen MR) is 91.7 cm³/mol. The second kappa shape index (κ2) is 6.81. The molecule has 112 valence electrons. The summed E-state index contributed by atoms with van der Waals surface area (Å²) >= 11 is 1.71. The van der Waals surface area contributed by atoms with Gasteiger partial charge in [-0.2, -0.15) is 0 Å². The molecule has 0 bridgehead atoms. The van der Waals surface area contributed by atoms with Crippen LogP contribution in [0.4, 0.5) is 0 Å². The van der Waals surface area contributed by atoms with E-state index in [4.69, 9.17) is 0 Å². The average Bonchev–Trinajstić information content (AvgIpc) is 2.93. The van der Waals surface area contributed by atoms with Crippen LogP contribution in [0.15, 0.2) is 54.2 Å². The van der Waals surface area contributed by atoms with Gasteiger partial charge in [0.15, 0.2) is 0 Å². The molecule has 0 atom stereocenters. The lowest BCUT2D eigenvalue weighted by atomic mass is 10.0. The summed E-state index contributed by atoms with van der Waals surface area (Å²) in [5.74, 6) is 0. The van der Waals surface area contributed by atoms with Crippen molar-refractivity contribution in [3.8, 4) is 11.1 Å². The molecular weight excluding hydrogens is 290 g/mol. The van der Waals surface area contributed by atoms with Gasteiger partial charge in [-0.25, -0.2) is 4.98 Å². The Morgan fingerprint density at radius 1 is 1.05 bits per heavy atom. The highest BCUT2D eigenvalue weighted by Crippen LogP contribution is 2.20. The van der Waals surface area contributed by atoms with Gasteiger partial charge in [0, 0.05) is 30.9 Å². The largest absolute Gasteiger partial charge is 0.296 e. The SMILES string of the molecule is Cc1nc(CN(C)Cc2cccc(-c3ccncc3)c2)cs1. The van der Waals surface area contributed by atoms with Crippen molar-refractivity contribution in [1.29, 1.82) is 0 Å². The number of nitrogens with zero attached hydrogens (tertiary/aromatic N) is 3. The Morgan fingerprint density at radius 2 is 1.86 bits per heavy atom. The molecule has 1 aromatic carbocycles. The van der Waals surface area contributed by atoms with Crippen molar-refractivity contribution >= 4 is 11.3 Å². The summed E-state index contributed by atoms with van der Waals surface area (Å²) in [4.78, 5) is 10.9. The van der Waals surface area contributed by atoms with Gasteiger partial charge in [-0.05, 0) is 48.9 Å². The third-order valence-corrected chi connectivity index (χ3v) is 4.31. The van der Waals surface area contributed by atoms with Crippen LogP contribution in [-0.2, 0) is 13.1 Å². The predicted octanol–water partition coefficient (Wildman–Crippen LogP) is 4.15. The topological polar surface area (TPSA) is 29.0 Å². The van der Waals surface area contributed by atoms with Gasteiger partial charge in [0.25, 0.3) is 0 Å². The van der Waals surface area contributed by atoms with Crippen LogP contribution in [0.2, 0.25) is 0 Å². The van der Waals surface area contributed by atoms with Gasteiger partial charge < -0.3 is 0 Å². The lowest BCUT2D eigenvalue weighted by Crippen LogP contribution is -2.17. The summed E-state index contributed by atoms with van der Waals surface area (Å²) in [6.45, 7) is 3.84. The van der Waals surface area contributed by atoms with Gasteiger partial charge in [0.2, 0.25) is 0 Å². The molecule has 0 saturated carbocycles. The molecule has 0 spiro atoms. The van der Waals surface area contributed by atoms with Gasteiger partial charge in [0.05, 0.1) is 10.7 Å². The van der Waals surface area contributed by atoms with E-state index < -0.39 is 0 Å². The minimum absolute atomic E-state index is 0.879. The third-order valence-electron chi connectivity index (χ3n) is 3.49. The molecule has 0 aliphatic carbocycles. The lowest BCUT2D eigenvalue weighted by Gasteiger charge is -2.16. The molecule has 0 unspecified atom stereocenters. The fourth-order valence-corrected chi connectivity index (χ4v) is 3.12. The molecule has 0 aliphatic heterocycles. The minimum atomic E-state index is 0.879. The van der Waals surface area contributed by atoms with Crippen LogP contribution in [0.3, 0.4) is 0 Å². The summed E-state index contributed by atoms with van der Waals surface area (Å²) in [6, 6.07) is 12.8. The molecule has 2 heterocycles. The van der Waals surface area contributed by atoms with E-state index in [1.807, 2.05) is 31.5 Å². The second-order valence-corrected chi connectivity index (χ2v) is 6.53. The van der Waals surface area contributed by atoms with E-state index in [2.05, 4.69) is 51.6 Å². The van der Waals surface area contributed by atoms with Gasteiger partial charge >= 0.3 is 0 Å². The average molecular weight is 309 g/mol. The monoisotopic (exact) mass is 309 g/mol. The van der Waals surface area contributed by atoms with E-state index in [0.717, 1.165) is 23.8 Å². The van der Waals surface area contributed by atoms with Crippen LogP contribution in [0.5, 0.6) is 0 Å². The molecule has 3 nitrogen and oxygen atoms in total. The van der Waals surface area contributed by atoms with Crippen LogP contribution < -0.4 is 0 Å². The zero-order valence-corrected chi connectivity index (χ0v) is 13.7. The van der Waals surface area contributed by atoms with Crippen molar-refractivity contribution in [3.63, 3.8) is 0 Å². The highest BCUT2D eigenvalue weighted by Gasteiger charge is 2.06. The van der Waals surface area contributed by atoms with Crippen molar-refractivity contribution in [3.05, 3.63) is 70.4 Å². The van der Waals surface area contributed by atoms with E-state index in [9.17, 15) is 0 Å². The van der Waals surface area contributed by atoms with Crippen LogP contribution in [0.1, 0.15) is 16.3 Å². The maximum Gasteiger partial charge on any atom is 0.0897 e. The number of pyridine rings is 1. The number of thiazole rings is 1. The summed E-state index contributed by atoms with van der Waals surface area (Å²) < 4.78 is 0. The summed E-state index contributed by atoms with van der Waals surface area (Å²) in [6.07, 6.45) is 3.66. The highest BCUT2D eigenvalue weighted by atomic mass is 32.1. The molecule has 3 aromatic rings. The van der Waals surface area contributed by atoms with Gasteiger partial charge in [-0.1, -0.05) is 18.2 Å². The molecule has 0 radical (unpaired) electrons. The maximum atomic E-state index is 4.53. The first-order chi connectivity index (χ1) is 10.7. The molecule has 0 N–H and O–H groups in total. The molecule has 22 heavy (non-hydrogen) atoms. The van der Waals surface area contributed by atoms with Crippen LogP contribution in [-0.4, -0.2) is 21.9 Å². The quantitative estimate of drug-likeness (QED) is 0.709. The standard InChI is InChI=1S/C18H19N3S/c1-14-20-18(13-22-14)12-21(2)11-15-4-3-5-17(10-15)16-6-8-19-9-7-16/h3-10,13H,11-12H2,1-2H3. The van der Waals surface area contributed by atoms with Crippen molar-refractivity contribution in [1.82, 2.24) is 14.9 Å². The number of hydrogen-bond acceptors (Lipinski definition) is 4. The van der Waals surface area contributed by atoms with Crippen molar-refractivity contribution in [2.24, 2.45) is 0 Å². The fourth-order valence-electron chi connectivity index (χ4n) is 2.52. The highest BCUT2D eigenvalue weighted by molar-refractivity contribution is 7.09. The first-order valence-corrected chi connectivity index (χ1v) is 8.17. The molecule has 0 amide bonds. The van der Waals surface area contributed by atoms with Crippen LogP contribution >= 0.6 is 11.3 Å². The Balaban J connectivity index is 1.70. The van der Waals surface area contributed by atoms with E-state index in [1.54, 1.807) is 11.3 Å². The van der Waals surface area contributed by atoms with Crippen LogP contribution in [0, 0.1) is 6.92 Å². The molecule has 2 aromatic heterocycles. The van der Waals surface area contributed by atoms with Gasteiger partial charge in [-0.3, -0.25) is 9.88 Å². The maximum absolute atomic E-state index is 4.53. The zero-order chi connectivity index (χ0) is 15.4. The molecule has 4 heteroatoms. The molecule has 0 aliphatic rings. The van der Waals surface area contributed by atoms with E-state index in [-0.39, 0.29) is 0 Å². The smallest absolute Gasteiger partial charge is 0.0897 e. The van der Waals surface area contributed by atoms with Gasteiger partial charge in [0.1, 0.15) is 0 Å². The van der Waals surface area contributed by atoms with Crippen molar-refractivity contribution in [2.75, 3.05) is 7.05 Å². The number of hydrogen-bond donors (Lipinski definition) is 0. The van der Waals surface area contributed by atoms with Gasteiger partial charge in [-0.15, -0.1) is 11.3 Å². The Kier molecular flexibility index (Phi) is 4.61.